The molecule has 0 atom stereocenters. The van der Waals surface area contributed by atoms with Crippen LogP contribution < -0.4 is 0 Å². The second-order valence-electron chi connectivity index (χ2n) is 3.45. The van der Waals surface area contributed by atoms with Gasteiger partial charge in [0.15, 0.2) is 0 Å². The minimum atomic E-state index is -0.272. The van der Waals surface area contributed by atoms with Crippen molar-refractivity contribution in [3.63, 3.8) is 0 Å². The van der Waals surface area contributed by atoms with Crippen LogP contribution in [0.1, 0.15) is 11.5 Å². The number of nitrogens with zero attached hydrogens (tertiary/aromatic N) is 2. The van der Waals surface area contributed by atoms with Crippen LogP contribution in [-0.2, 0) is 5.75 Å². The number of aryl methyl sites for hydroxylation is 1. The van der Waals surface area contributed by atoms with Gasteiger partial charge in [0.1, 0.15) is 11.6 Å². The van der Waals surface area contributed by atoms with Crippen LogP contribution in [0.4, 0.5) is 4.39 Å². The molecule has 1 aromatic heterocycles. The molecule has 0 aliphatic rings. The van der Waals surface area contributed by atoms with Gasteiger partial charge in [0, 0.05) is 11.3 Å². The van der Waals surface area contributed by atoms with E-state index in [9.17, 15) is 4.39 Å². The molecule has 0 aliphatic heterocycles. The summed E-state index contributed by atoms with van der Waals surface area (Å²) >= 11 is 4.12. The summed E-state index contributed by atoms with van der Waals surface area (Å²) in [7, 11) is 0. The van der Waals surface area contributed by atoms with Crippen molar-refractivity contribution in [2.75, 3.05) is 0 Å². The lowest BCUT2D eigenvalue weighted by Gasteiger charge is -2.05. The lowest BCUT2D eigenvalue weighted by Crippen LogP contribution is -1.97. The Hall–Kier alpha value is -1.42. The van der Waals surface area contributed by atoms with Gasteiger partial charge in [-0.05, 0) is 25.1 Å². The van der Waals surface area contributed by atoms with E-state index in [1.165, 1.54) is 6.07 Å². The molecule has 0 spiro atoms. The highest BCUT2D eigenvalue weighted by Gasteiger charge is 2.07. The van der Waals surface area contributed by atoms with Crippen LogP contribution in [0.5, 0.6) is 0 Å². The molecule has 0 aliphatic carbocycles. The first kappa shape index (κ1) is 11.1. The van der Waals surface area contributed by atoms with Gasteiger partial charge in [-0.1, -0.05) is 12.1 Å². The van der Waals surface area contributed by atoms with Crippen molar-refractivity contribution in [3.8, 4) is 11.3 Å². The molecule has 2 aromatic rings. The predicted octanol–water partition coefficient (Wildman–Crippen LogP) is 3.02. The number of rotatable bonds is 2. The molecule has 82 valence electrons. The van der Waals surface area contributed by atoms with E-state index in [1.807, 2.05) is 6.92 Å². The minimum absolute atomic E-state index is 0.272. The molecule has 0 bridgehead atoms. The molecule has 2 nitrogen and oxygen atoms in total. The molecule has 0 N–H and O–H groups in total. The summed E-state index contributed by atoms with van der Waals surface area (Å²) in [5, 5.41) is 0. The third kappa shape index (κ3) is 2.22. The molecule has 4 heteroatoms. The highest BCUT2D eigenvalue weighted by Crippen LogP contribution is 2.21. The monoisotopic (exact) mass is 234 g/mol. The topological polar surface area (TPSA) is 25.8 Å². The van der Waals surface area contributed by atoms with E-state index >= 15 is 0 Å². The van der Waals surface area contributed by atoms with E-state index < -0.39 is 0 Å². The normalized spacial score (nSPS) is 10.4. The number of benzene rings is 1. The second-order valence-corrected chi connectivity index (χ2v) is 3.76. The van der Waals surface area contributed by atoms with Crippen LogP contribution in [0.2, 0.25) is 0 Å². The fourth-order valence-corrected chi connectivity index (χ4v) is 1.65. The minimum Gasteiger partial charge on any atom is -0.237 e. The molecule has 16 heavy (non-hydrogen) atoms. The zero-order valence-corrected chi connectivity index (χ0v) is 9.71. The summed E-state index contributed by atoms with van der Waals surface area (Å²) in [4.78, 5) is 8.45. The quantitative estimate of drug-likeness (QED) is 0.808. The summed E-state index contributed by atoms with van der Waals surface area (Å²) in [6, 6.07) is 8.35. The average Bonchev–Trinajstić information content (AvgIpc) is 2.28. The van der Waals surface area contributed by atoms with Gasteiger partial charge in [0.2, 0.25) is 0 Å². The summed E-state index contributed by atoms with van der Waals surface area (Å²) < 4.78 is 13.6. The molecular formula is C12H11FN2S. The Morgan fingerprint density at radius 1 is 1.25 bits per heavy atom. The van der Waals surface area contributed by atoms with Gasteiger partial charge in [-0.15, -0.1) is 0 Å². The maximum absolute atomic E-state index is 13.6. The maximum Gasteiger partial charge on any atom is 0.138 e. The van der Waals surface area contributed by atoms with Crippen LogP contribution in [0.25, 0.3) is 11.3 Å². The summed E-state index contributed by atoms with van der Waals surface area (Å²) in [6.07, 6.45) is 0. The first-order valence-electron chi connectivity index (χ1n) is 4.91. The number of hydrogen-bond donors (Lipinski definition) is 1. The van der Waals surface area contributed by atoms with Gasteiger partial charge >= 0.3 is 0 Å². The van der Waals surface area contributed by atoms with Crippen molar-refractivity contribution in [2.45, 2.75) is 12.7 Å². The van der Waals surface area contributed by atoms with Crippen LogP contribution in [0.15, 0.2) is 30.3 Å². The summed E-state index contributed by atoms with van der Waals surface area (Å²) in [6.45, 7) is 1.86. The molecular weight excluding hydrogens is 223 g/mol. The first-order chi connectivity index (χ1) is 7.70. The van der Waals surface area contributed by atoms with Gasteiger partial charge in [0.05, 0.1) is 11.4 Å². The number of thiol groups is 1. The van der Waals surface area contributed by atoms with Crippen molar-refractivity contribution < 1.29 is 4.39 Å². The van der Waals surface area contributed by atoms with Crippen LogP contribution in [0, 0.1) is 12.7 Å². The van der Waals surface area contributed by atoms with Gasteiger partial charge in [-0.2, -0.15) is 12.6 Å². The number of hydrogen-bond acceptors (Lipinski definition) is 3. The van der Waals surface area contributed by atoms with Crippen molar-refractivity contribution in [1.29, 1.82) is 0 Å². The van der Waals surface area contributed by atoms with E-state index in [4.69, 9.17) is 0 Å². The van der Waals surface area contributed by atoms with Gasteiger partial charge in [0.25, 0.3) is 0 Å². The third-order valence-corrected chi connectivity index (χ3v) is 2.47. The fourth-order valence-electron chi connectivity index (χ4n) is 1.51. The Bertz CT molecular complexity index is 514. The molecule has 0 radical (unpaired) electrons. The molecule has 1 aromatic carbocycles. The Morgan fingerprint density at radius 2 is 2.00 bits per heavy atom. The van der Waals surface area contributed by atoms with Gasteiger partial charge < -0.3 is 0 Å². The fraction of sp³-hybridized carbons (Fsp3) is 0.167. The SMILES string of the molecule is Cc1cc(-c2ccccc2F)nc(CS)n1. The molecule has 0 saturated heterocycles. The summed E-state index contributed by atoms with van der Waals surface area (Å²) in [5.74, 6) is 0.788. The zero-order chi connectivity index (χ0) is 11.5. The largest absolute Gasteiger partial charge is 0.237 e. The molecule has 0 amide bonds. The zero-order valence-electron chi connectivity index (χ0n) is 8.81. The molecule has 0 fully saturated rings. The Labute approximate surface area is 99.0 Å². The van der Waals surface area contributed by atoms with Crippen molar-refractivity contribution in [1.82, 2.24) is 9.97 Å². The Balaban J connectivity index is 2.56. The smallest absolute Gasteiger partial charge is 0.138 e. The highest BCUT2D eigenvalue weighted by molar-refractivity contribution is 7.79. The molecule has 0 saturated carbocycles. The standard InChI is InChI=1S/C12H11FN2S/c1-8-6-11(15-12(7-16)14-8)9-4-2-3-5-10(9)13/h2-6,16H,7H2,1H3. The highest BCUT2D eigenvalue weighted by atomic mass is 32.1. The van der Waals surface area contributed by atoms with Crippen molar-refractivity contribution in [3.05, 3.63) is 47.7 Å². The van der Waals surface area contributed by atoms with E-state index in [0.29, 0.717) is 22.8 Å². The van der Waals surface area contributed by atoms with Crippen LogP contribution >= 0.6 is 12.6 Å². The lowest BCUT2D eigenvalue weighted by molar-refractivity contribution is 0.630. The van der Waals surface area contributed by atoms with E-state index in [-0.39, 0.29) is 5.82 Å². The van der Waals surface area contributed by atoms with Gasteiger partial charge in [-0.25, -0.2) is 14.4 Å². The second kappa shape index (κ2) is 4.61. The van der Waals surface area contributed by atoms with Gasteiger partial charge in [-0.3, -0.25) is 0 Å². The van der Waals surface area contributed by atoms with E-state index in [1.54, 1.807) is 24.3 Å². The lowest BCUT2D eigenvalue weighted by atomic mass is 10.1. The number of aromatic nitrogens is 2. The van der Waals surface area contributed by atoms with Crippen molar-refractivity contribution >= 4 is 12.6 Å². The Kier molecular flexibility index (Phi) is 3.19. The first-order valence-corrected chi connectivity index (χ1v) is 5.54. The van der Waals surface area contributed by atoms with Crippen LogP contribution in [-0.4, -0.2) is 9.97 Å². The van der Waals surface area contributed by atoms with Crippen molar-refractivity contribution in [2.24, 2.45) is 0 Å². The van der Waals surface area contributed by atoms with Crippen LogP contribution in [0.3, 0.4) is 0 Å². The third-order valence-electron chi connectivity index (χ3n) is 2.19. The average molecular weight is 234 g/mol. The van der Waals surface area contributed by atoms with E-state index in [2.05, 4.69) is 22.6 Å². The maximum atomic E-state index is 13.6. The molecule has 0 unspecified atom stereocenters. The summed E-state index contributed by atoms with van der Waals surface area (Å²) in [5.41, 5.74) is 1.92. The Morgan fingerprint density at radius 3 is 2.69 bits per heavy atom. The molecule has 1 heterocycles. The number of halogens is 1. The van der Waals surface area contributed by atoms with E-state index in [0.717, 1.165) is 5.69 Å². The predicted molar refractivity (Wildman–Crippen MR) is 64.9 cm³/mol. The molecule has 2 rings (SSSR count).